The van der Waals surface area contributed by atoms with E-state index in [0.717, 1.165) is 30.3 Å². The van der Waals surface area contributed by atoms with Crippen molar-refractivity contribution in [3.05, 3.63) is 108 Å². The molecule has 1 aliphatic carbocycles. The van der Waals surface area contributed by atoms with Gasteiger partial charge in [0.05, 0.1) is 5.52 Å². The van der Waals surface area contributed by atoms with Crippen LogP contribution in [0, 0.1) is 5.92 Å². The first-order chi connectivity index (χ1) is 18.2. The fraction of sp³-hybridized carbons (Fsp3) is 0.303. The smallest absolute Gasteiger partial charge is 0.128 e. The van der Waals surface area contributed by atoms with Crippen molar-refractivity contribution >= 4 is 28.0 Å². The van der Waals surface area contributed by atoms with Gasteiger partial charge in [0.1, 0.15) is 5.82 Å². The largest absolute Gasteiger partial charge is 0.377 e. The third-order valence-electron chi connectivity index (χ3n) is 7.43. The SMILES string of the molecule is CN(C)c1cc(N[C@H]2CC[C@@H](CNCC=C(c3ccccc3)c3ccccc3)CC2)nc2ccccc12. The molecule has 0 unspecified atom stereocenters. The molecule has 1 heterocycles. The van der Waals surface area contributed by atoms with Crippen LogP contribution in [0.4, 0.5) is 11.5 Å². The maximum Gasteiger partial charge on any atom is 0.128 e. The van der Waals surface area contributed by atoms with Crippen LogP contribution >= 0.6 is 0 Å². The Morgan fingerprint density at radius 3 is 2.11 bits per heavy atom. The normalized spacial score (nSPS) is 17.4. The first kappa shape index (κ1) is 25.0. The summed E-state index contributed by atoms with van der Waals surface area (Å²) >= 11 is 0. The Morgan fingerprint density at radius 2 is 1.46 bits per heavy atom. The number of hydrogen-bond donors (Lipinski definition) is 2. The summed E-state index contributed by atoms with van der Waals surface area (Å²) in [5.74, 6) is 1.72. The Labute approximate surface area is 221 Å². The highest BCUT2D eigenvalue weighted by Crippen LogP contribution is 2.30. The molecule has 1 aromatic heterocycles. The molecule has 37 heavy (non-hydrogen) atoms. The standard InChI is InChI=1S/C33H38N4/c1-37(2)32-23-33(36-31-16-10-9-15-30(31)32)35-28-19-17-25(18-20-28)24-34-22-21-29(26-11-5-3-6-12-26)27-13-7-4-8-14-27/h3-16,21,23,25,28,34H,17-20,22,24H2,1-2H3,(H,35,36)/t25-,28+. The lowest BCUT2D eigenvalue weighted by Gasteiger charge is -2.30. The number of benzene rings is 3. The molecule has 190 valence electrons. The quantitative estimate of drug-likeness (QED) is 0.248. The summed E-state index contributed by atoms with van der Waals surface area (Å²) in [5.41, 5.74) is 6.09. The molecule has 1 saturated carbocycles. The second-order valence-corrected chi connectivity index (χ2v) is 10.3. The highest BCUT2D eigenvalue weighted by Gasteiger charge is 2.21. The van der Waals surface area contributed by atoms with Crippen molar-refractivity contribution in [2.75, 3.05) is 37.4 Å². The number of nitrogens with zero attached hydrogens (tertiary/aromatic N) is 2. The minimum absolute atomic E-state index is 0.489. The fourth-order valence-corrected chi connectivity index (χ4v) is 5.42. The number of pyridine rings is 1. The van der Waals surface area contributed by atoms with Crippen molar-refractivity contribution in [2.24, 2.45) is 5.92 Å². The van der Waals surface area contributed by atoms with E-state index in [4.69, 9.17) is 4.98 Å². The van der Waals surface area contributed by atoms with Gasteiger partial charge in [-0.05, 0) is 60.9 Å². The summed E-state index contributed by atoms with van der Waals surface area (Å²) in [6, 6.07) is 32.5. The van der Waals surface area contributed by atoms with Gasteiger partial charge in [-0.3, -0.25) is 0 Å². The second kappa shape index (κ2) is 12.1. The zero-order chi connectivity index (χ0) is 25.5. The lowest BCUT2D eigenvalue weighted by molar-refractivity contribution is 0.328. The van der Waals surface area contributed by atoms with Gasteiger partial charge in [0, 0.05) is 43.8 Å². The van der Waals surface area contributed by atoms with E-state index >= 15 is 0 Å². The monoisotopic (exact) mass is 490 g/mol. The van der Waals surface area contributed by atoms with Gasteiger partial charge < -0.3 is 15.5 Å². The van der Waals surface area contributed by atoms with E-state index in [2.05, 4.69) is 127 Å². The molecule has 1 aliphatic rings. The van der Waals surface area contributed by atoms with Gasteiger partial charge in [-0.1, -0.05) is 84.9 Å². The van der Waals surface area contributed by atoms with Crippen LogP contribution in [0.2, 0.25) is 0 Å². The van der Waals surface area contributed by atoms with Crippen LogP contribution < -0.4 is 15.5 Å². The summed E-state index contributed by atoms with van der Waals surface area (Å²) in [6.07, 6.45) is 7.20. The first-order valence-electron chi connectivity index (χ1n) is 13.5. The molecule has 0 radical (unpaired) electrons. The van der Waals surface area contributed by atoms with Gasteiger partial charge in [-0.15, -0.1) is 0 Å². The first-order valence-corrected chi connectivity index (χ1v) is 13.5. The lowest BCUT2D eigenvalue weighted by Crippen LogP contribution is -2.31. The van der Waals surface area contributed by atoms with E-state index in [1.165, 1.54) is 53.5 Å². The van der Waals surface area contributed by atoms with Crippen LogP contribution in [0.25, 0.3) is 16.5 Å². The molecule has 0 bridgehead atoms. The van der Waals surface area contributed by atoms with E-state index in [0.29, 0.717) is 6.04 Å². The molecular formula is C33H38N4. The molecule has 5 rings (SSSR count). The Bertz CT molecular complexity index is 1260. The average Bonchev–Trinajstić information content (AvgIpc) is 2.94. The summed E-state index contributed by atoms with van der Waals surface area (Å²) in [5, 5.41) is 8.65. The minimum Gasteiger partial charge on any atom is -0.377 e. The summed E-state index contributed by atoms with van der Waals surface area (Å²) < 4.78 is 0. The molecule has 0 spiro atoms. The van der Waals surface area contributed by atoms with Crippen LogP contribution in [0.1, 0.15) is 36.8 Å². The maximum atomic E-state index is 4.90. The molecule has 3 aromatic carbocycles. The highest BCUT2D eigenvalue weighted by molar-refractivity contribution is 5.93. The molecule has 4 heteroatoms. The Morgan fingerprint density at radius 1 is 0.838 bits per heavy atom. The van der Waals surface area contributed by atoms with Crippen molar-refractivity contribution < 1.29 is 0 Å². The summed E-state index contributed by atoms with van der Waals surface area (Å²) in [6.45, 7) is 1.95. The highest BCUT2D eigenvalue weighted by atomic mass is 15.1. The predicted molar refractivity (Wildman–Crippen MR) is 158 cm³/mol. The lowest BCUT2D eigenvalue weighted by atomic mass is 9.86. The number of aromatic nitrogens is 1. The van der Waals surface area contributed by atoms with E-state index < -0.39 is 0 Å². The van der Waals surface area contributed by atoms with E-state index in [1.807, 2.05) is 0 Å². The third-order valence-corrected chi connectivity index (χ3v) is 7.43. The number of nitrogens with one attached hydrogen (secondary N) is 2. The third kappa shape index (κ3) is 6.39. The number of fused-ring (bicyclic) bond motifs is 1. The van der Waals surface area contributed by atoms with Crippen LogP contribution in [-0.4, -0.2) is 38.2 Å². The molecule has 4 aromatic rings. The van der Waals surface area contributed by atoms with Gasteiger partial charge >= 0.3 is 0 Å². The minimum atomic E-state index is 0.489. The molecule has 0 aliphatic heterocycles. The molecule has 1 fully saturated rings. The molecule has 2 N–H and O–H groups in total. The Balaban J connectivity index is 1.14. The van der Waals surface area contributed by atoms with Crippen molar-refractivity contribution in [3.63, 3.8) is 0 Å². The predicted octanol–water partition coefficient (Wildman–Crippen LogP) is 6.99. The van der Waals surface area contributed by atoms with E-state index in [9.17, 15) is 0 Å². The molecule has 0 amide bonds. The number of rotatable bonds is 9. The van der Waals surface area contributed by atoms with E-state index in [-0.39, 0.29) is 0 Å². The summed E-state index contributed by atoms with van der Waals surface area (Å²) in [7, 11) is 4.20. The van der Waals surface area contributed by atoms with Crippen LogP contribution in [0.15, 0.2) is 97.1 Å². The number of anilines is 2. The zero-order valence-electron chi connectivity index (χ0n) is 22.0. The van der Waals surface area contributed by atoms with Gasteiger partial charge in [0.25, 0.3) is 0 Å². The Kier molecular flexibility index (Phi) is 8.17. The number of para-hydroxylation sites is 1. The molecule has 0 atom stereocenters. The molecule has 4 nitrogen and oxygen atoms in total. The van der Waals surface area contributed by atoms with Gasteiger partial charge in [0.2, 0.25) is 0 Å². The Hall–Kier alpha value is -3.63. The fourth-order valence-electron chi connectivity index (χ4n) is 5.42. The topological polar surface area (TPSA) is 40.2 Å². The van der Waals surface area contributed by atoms with Crippen molar-refractivity contribution in [1.82, 2.24) is 10.3 Å². The van der Waals surface area contributed by atoms with Crippen molar-refractivity contribution in [3.8, 4) is 0 Å². The van der Waals surface area contributed by atoms with Gasteiger partial charge in [0.15, 0.2) is 0 Å². The zero-order valence-corrected chi connectivity index (χ0v) is 22.0. The van der Waals surface area contributed by atoms with Crippen LogP contribution in [-0.2, 0) is 0 Å². The summed E-state index contributed by atoms with van der Waals surface area (Å²) in [4.78, 5) is 7.08. The average molecular weight is 491 g/mol. The van der Waals surface area contributed by atoms with Crippen molar-refractivity contribution in [2.45, 2.75) is 31.7 Å². The van der Waals surface area contributed by atoms with Gasteiger partial charge in [-0.25, -0.2) is 4.98 Å². The van der Waals surface area contributed by atoms with Crippen molar-refractivity contribution in [1.29, 1.82) is 0 Å². The second-order valence-electron chi connectivity index (χ2n) is 10.3. The number of hydrogen-bond acceptors (Lipinski definition) is 4. The maximum absolute atomic E-state index is 4.90. The van der Waals surface area contributed by atoms with Crippen LogP contribution in [0.5, 0.6) is 0 Å². The van der Waals surface area contributed by atoms with Crippen LogP contribution in [0.3, 0.4) is 0 Å². The molecule has 0 saturated heterocycles. The molecular weight excluding hydrogens is 452 g/mol. The van der Waals surface area contributed by atoms with Gasteiger partial charge in [-0.2, -0.15) is 0 Å². The van der Waals surface area contributed by atoms with E-state index in [1.54, 1.807) is 0 Å².